The van der Waals surface area contributed by atoms with Crippen LogP contribution in [-0.2, 0) is 9.59 Å². The molecule has 0 atom stereocenters. The zero-order valence-electron chi connectivity index (χ0n) is 9.59. The smallest absolute Gasteiger partial charge is 0.303 e. The fraction of sp³-hybridized carbons (Fsp3) is 0.600. The predicted octanol–water partition coefficient (Wildman–Crippen LogP) is 0.489. The first-order valence-corrected chi connectivity index (χ1v) is 4.76. The van der Waals surface area contributed by atoms with E-state index < -0.39 is 11.9 Å². The zero-order valence-corrected chi connectivity index (χ0v) is 9.59. The Labute approximate surface area is 94.8 Å². The molecule has 6 nitrogen and oxygen atoms in total. The fourth-order valence-corrected chi connectivity index (χ4v) is 0.149. The van der Waals surface area contributed by atoms with Crippen LogP contribution in [0.3, 0.4) is 0 Å². The largest absolute Gasteiger partial charge is 0.481 e. The quantitative estimate of drug-likeness (QED) is 0.528. The van der Waals surface area contributed by atoms with Gasteiger partial charge in [-0.25, -0.2) is 0 Å². The molecule has 0 aliphatic rings. The monoisotopic (exact) mass is 236 g/mol. The summed E-state index contributed by atoms with van der Waals surface area (Å²) >= 11 is 0. The Morgan fingerprint density at radius 3 is 1.12 bits per heavy atom. The lowest BCUT2D eigenvalue weighted by atomic mass is 10.5. The minimum Gasteiger partial charge on any atom is -0.481 e. The van der Waals surface area contributed by atoms with Crippen LogP contribution >= 0.6 is 0 Å². The number of aliphatic hydroxyl groups is 2. The van der Waals surface area contributed by atoms with E-state index in [-0.39, 0.29) is 26.1 Å². The van der Waals surface area contributed by atoms with Gasteiger partial charge in [-0.2, -0.15) is 0 Å². The summed E-state index contributed by atoms with van der Waals surface area (Å²) in [6.07, 6.45) is 3.42. The van der Waals surface area contributed by atoms with Crippen molar-refractivity contribution < 1.29 is 30.0 Å². The molecule has 0 aliphatic heterocycles. The maximum atomic E-state index is 9.37. The summed E-state index contributed by atoms with van der Waals surface area (Å²) < 4.78 is 0. The van der Waals surface area contributed by atoms with Crippen LogP contribution in [0.4, 0.5) is 0 Å². The van der Waals surface area contributed by atoms with Crippen molar-refractivity contribution in [3.8, 4) is 0 Å². The Bertz CT molecular complexity index is 168. The standard InChI is InChI=1S/C4H8O2.2C3H6O2/c5-3-1-2-4-6;2*1-2-3(4)5/h1-2,5-6H,3-4H2;2*2H2,1H3,(H,4,5). The summed E-state index contributed by atoms with van der Waals surface area (Å²) in [6, 6.07) is 0. The van der Waals surface area contributed by atoms with Gasteiger partial charge in [-0.3, -0.25) is 9.59 Å². The third-order valence-electron chi connectivity index (χ3n) is 0.982. The number of carbonyl (C=O) groups is 2. The molecule has 0 aromatic carbocycles. The minimum absolute atomic E-state index is 0.0144. The van der Waals surface area contributed by atoms with Gasteiger partial charge in [0.05, 0.1) is 13.2 Å². The maximum Gasteiger partial charge on any atom is 0.303 e. The Balaban J connectivity index is -0.000000160. The van der Waals surface area contributed by atoms with E-state index in [0.717, 1.165) is 0 Å². The molecule has 0 saturated carbocycles. The molecule has 4 N–H and O–H groups in total. The molecule has 0 rings (SSSR count). The van der Waals surface area contributed by atoms with Crippen molar-refractivity contribution in [3.63, 3.8) is 0 Å². The average Bonchev–Trinajstić information content (AvgIpc) is 2.27. The highest BCUT2D eigenvalue weighted by atomic mass is 16.4. The SMILES string of the molecule is CCC(=O)O.CCC(=O)O.OCC=CCO. The van der Waals surface area contributed by atoms with Crippen molar-refractivity contribution in [3.05, 3.63) is 12.2 Å². The van der Waals surface area contributed by atoms with Gasteiger partial charge in [-0.05, 0) is 0 Å². The van der Waals surface area contributed by atoms with Crippen LogP contribution in [-0.4, -0.2) is 45.6 Å². The zero-order chi connectivity index (χ0) is 13.4. The summed E-state index contributed by atoms with van der Waals surface area (Å²) in [5, 5.41) is 31.4. The summed E-state index contributed by atoms with van der Waals surface area (Å²) in [4.78, 5) is 18.7. The molecule has 0 amide bonds. The van der Waals surface area contributed by atoms with E-state index in [1.54, 1.807) is 13.8 Å². The summed E-state index contributed by atoms with van der Waals surface area (Å²) in [6.45, 7) is 3.23. The maximum absolute atomic E-state index is 9.37. The van der Waals surface area contributed by atoms with Gasteiger partial charge in [0.1, 0.15) is 0 Å². The van der Waals surface area contributed by atoms with E-state index in [4.69, 9.17) is 20.4 Å². The molecule has 0 fully saturated rings. The van der Waals surface area contributed by atoms with E-state index in [0.29, 0.717) is 0 Å². The van der Waals surface area contributed by atoms with Crippen LogP contribution in [0.15, 0.2) is 12.2 Å². The summed E-state index contributed by atoms with van der Waals surface area (Å²) in [5.41, 5.74) is 0. The van der Waals surface area contributed by atoms with Gasteiger partial charge in [0.15, 0.2) is 0 Å². The lowest BCUT2D eigenvalue weighted by Gasteiger charge is -1.73. The number of hydrogen-bond acceptors (Lipinski definition) is 4. The predicted molar refractivity (Wildman–Crippen MR) is 59.2 cm³/mol. The lowest BCUT2D eigenvalue weighted by Crippen LogP contribution is -1.86. The highest BCUT2D eigenvalue weighted by molar-refractivity contribution is 5.66. The third-order valence-corrected chi connectivity index (χ3v) is 0.982. The van der Waals surface area contributed by atoms with Crippen molar-refractivity contribution >= 4 is 11.9 Å². The van der Waals surface area contributed by atoms with Crippen molar-refractivity contribution in [2.45, 2.75) is 26.7 Å². The number of rotatable bonds is 4. The Morgan fingerprint density at radius 2 is 1.06 bits per heavy atom. The van der Waals surface area contributed by atoms with Gasteiger partial charge in [0, 0.05) is 12.8 Å². The van der Waals surface area contributed by atoms with Crippen LogP contribution in [0.5, 0.6) is 0 Å². The normalized spacial score (nSPS) is 8.50. The molecule has 0 saturated heterocycles. The molecular weight excluding hydrogens is 216 g/mol. The van der Waals surface area contributed by atoms with Gasteiger partial charge >= 0.3 is 11.9 Å². The molecular formula is C10H20O6. The Kier molecular flexibility index (Phi) is 24.1. The average molecular weight is 236 g/mol. The van der Waals surface area contributed by atoms with E-state index in [9.17, 15) is 9.59 Å². The first-order chi connectivity index (χ1) is 7.45. The van der Waals surface area contributed by atoms with Gasteiger partial charge in [-0.15, -0.1) is 0 Å². The first kappa shape index (κ1) is 20.1. The molecule has 0 aromatic heterocycles. The van der Waals surface area contributed by atoms with E-state index in [2.05, 4.69) is 0 Å². The molecule has 16 heavy (non-hydrogen) atoms. The van der Waals surface area contributed by atoms with Crippen molar-refractivity contribution in [2.75, 3.05) is 13.2 Å². The van der Waals surface area contributed by atoms with Crippen LogP contribution in [0.2, 0.25) is 0 Å². The Morgan fingerprint density at radius 1 is 0.875 bits per heavy atom. The molecule has 0 aliphatic carbocycles. The second kappa shape index (κ2) is 19.2. The molecule has 0 aromatic rings. The molecule has 0 heterocycles. The topological polar surface area (TPSA) is 115 Å². The molecule has 96 valence electrons. The first-order valence-electron chi connectivity index (χ1n) is 4.76. The van der Waals surface area contributed by atoms with Crippen LogP contribution in [0.1, 0.15) is 26.7 Å². The highest BCUT2D eigenvalue weighted by Gasteiger charge is 1.81. The third kappa shape index (κ3) is 54.1. The summed E-state index contributed by atoms with van der Waals surface area (Å²) in [7, 11) is 0. The van der Waals surface area contributed by atoms with Crippen molar-refractivity contribution in [1.82, 2.24) is 0 Å². The van der Waals surface area contributed by atoms with E-state index >= 15 is 0 Å². The van der Waals surface area contributed by atoms with Crippen molar-refractivity contribution in [1.29, 1.82) is 0 Å². The number of carboxylic acid groups (broad SMARTS) is 2. The molecule has 0 bridgehead atoms. The number of carboxylic acids is 2. The number of hydrogen-bond donors (Lipinski definition) is 4. The fourth-order valence-electron chi connectivity index (χ4n) is 0.149. The van der Waals surface area contributed by atoms with Crippen LogP contribution in [0.25, 0.3) is 0 Å². The van der Waals surface area contributed by atoms with Gasteiger partial charge in [0.25, 0.3) is 0 Å². The van der Waals surface area contributed by atoms with Gasteiger partial charge in [0.2, 0.25) is 0 Å². The second-order valence-electron chi connectivity index (χ2n) is 2.33. The lowest BCUT2D eigenvalue weighted by molar-refractivity contribution is -0.137. The number of aliphatic carboxylic acids is 2. The van der Waals surface area contributed by atoms with E-state index in [1.807, 2.05) is 0 Å². The Hall–Kier alpha value is -1.40. The molecule has 0 spiro atoms. The van der Waals surface area contributed by atoms with Crippen molar-refractivity contribution in [2.24, 2.45) is 0 Å². The van der Waals surface area contributed by atoms with Crippen LogP contribution in [0, 0.1) is 0 Å². The molecule has 6 heteroatoms. The van der Waals surface area contributed by atoms with Crippen LogP contribution < -0.4 is 0 Å². The minimum atomic E-state index is -0.745. The highest BCUT2D eigenvalue weighted by Crippen LogP contribution is 1.67. The van der Waals surface area contributed by atoms with Gasteiger partial charge < -0.3 is 20.4 Å². The van der Waals surface area contributed by atoms with Gasteiger partial charge in [-0.1, -0.05) is 26.0 Å². The molecule has 0 radical (unpaired) electrons. The second-order valence-corrected chi connectivity index (χ2v) is 2.33. The molecule has 0 unspecified atom stereocenters. The summed E-state index contributed by atoms with van der Waals surface area (Å²) in [5.74, 6) is -1.49. The van der Waals surface area contributed by atoms with E-state index in [1.165, 1.54) is 12.2 Å². The number of aliphatic hydroxyl groups excluding tert-OH is 2.